The van der Waals surface area contributed by atoms with Crippen molar-refractivity contribution in [3.63, 3.8) is 0 Å². The first kappa shape index (κ1) is 11.3. The number of hydrogen-bond acceptors (Lipinski definition) is 2. The zero-order chi connectivity index (χ0) is 10.7. The van der Waals surface area contributed by atoms with E-state index in [-0.39, 0.29) is 17.9 Å². The summed E-state index contributed by atoms with van der Waals surface area (Å²) in [7, 11) is 1.65. The highest BCUT2D eigenvalue weighted by Crippen LogP contribution is 2.21. The normalized spacial score (nSPS) is 10.3. The monoisotopic (exact) mass is 259 g/mol. The minimum Gasteiger partial charge on any atom is -0.313 e. The van der Waals surface area contributed by atoms with Gasteiger partial charge in [-0.15, -0.1) is 0 Å². The summed E-state index contributed by atoms with van der Waals surface area (Å²) in [5.74, 6) is -0.731. The van der Waals surface area contributed by atoms with Crippen LogP contribution < -0.4 is 5.32 Å². The molecule has 4 heteroatoms. The quantitative estimate of drug-likeness (QED) is 0.845. The van der Waals surface area contributed by atoms with Gasteiger partial charge in [0.05, 0.1) is 16.6 Å². The fourth-order valence-corrected chi connectivity index (χ4v) is 1.76. The molecule has 0 radical (unpaired) electrons. The highest BCUT2D eigenvalue weighted by molar-refractivity contribution is 9.10. The second-order valence-electron chi connectivity index (χ2n) is 3.06. The zero-order valence-electron chi connectivity index (χ0n) is 8.03. The van der Waals surface area contributed by atoms with E-state index in [9.17, 15) is 9.18 Å². The molecule has 14 heavy (non-hydrogen) atoms. The van der Waals surface area contributed by atoms with Crippen LogP contribution in [0.3, 0.4) is 0 Å². The Bertz CT molecular complexity index is 365. The van der Waals surface area contributed by atoms with E-state index in [1.54, 1.807) is 19.2 Å². The molecule has 0 saturated heterocycles. The van der Waals surface area contributed by atoms with Crippen molar-refractivity contribution >= 4 is 21.7 Å². The SMILES string of the molecule is CNCC(=O)c1cc(C)cc(Br)c1F. The average Bonchev–Trinajstić information content (AvgIpc) is 2.11. The molecule has 0 unspecified atom stereocenters. The number of benzene rings is 1. The molecule has 76 valence electrons. The number of aryl methyl sites for hydroxylation is 1. The van der Waals surface area contributed by atoms with E-state index in [4.69, 9.17) is 0 Å². The predicted octanol–water partition coefficient (Wildman–Crippen LogP) is 2.30. The van der Waals surface area contributed by atoms with Gasteiger partial charge < -0.3 is 5.32 Å². The Morgan fingerprint density at radius 1 is 1.57 bits per heavy atom. The van der Waals surface area contributed by atoms with E-state index in [2.05, 4.69) is 21.2 Å². The Kier molecular flexibility index (Phi) is 3.77. The molecular weight excluding hydrogens is 249 g/mol. The molecule has 2 nitrogen and oxygen atoms in total. The Balaban J connectivity index is 3.13. The van der Waals surface area contributed by atoms with Crippen molar-refractivity contribution in [1.29, 1.82) is 0 Å². The summed E-state index contributed by atoms with van der Waals surface area (Å²) in [6.07, 6.45) is 0. The van der Waals surface area contributed by atoms with Crippen molar-refractivity contribution in [2.45, 2.75) is 6.92 Å². The van der Waals surface area contributed by atoms with Crippen molar-refractivity contribution in [3.05, 3.63) is 33.5 Å². The van der Waals surface area contributed by atoms with Gasteiger partial charge in [-0.2, -0.15) is 0 Å². The first-order valence-electron chi connectivity index (χ1n) is 4.19. The van der Waals surface area contributed by atoms with Gasteiger partial charge in [-0.1, -0.05) is 0 Å². The second kappa shape index (κ2) is 4.66. The minimum absolute atomic E-state index is 0.131. The summed E-state index contributed by atoms with van der Waals surface area (Å²) >= 11 is 3.07. The molecule has 0 heterocycles. The van der Waals surface area contributed by atoms with Gasteiger partial charge in [-0.3, -0.25) is 4.79 Å². The van der Waals surface area contributed by atoms with Crippen LogP contribution in [-0.2, 0) is 0 Å². The molecule has 1 aromatic rings. The molecule has 0 aromatic heterocycles. The summed E-state index contributed by atoms with van der Waals surface area (Å²) in [4.78, 5) is 11.4. The zero-order valence-corrected chi connectivity index (χ0v) is 9.61. The summed E-state index contributed by atoms with van der Waals surface area (Å²) in [6, 6.07) is 3.20. The lowest BCUT2D eigenvalue weighted by Crippen LogP contribution is -2.19. The number of Topliss-reactive ketones (excluding diaryl/α,β-unsaturated/α-hetero) is 1. The van der Waals surface area contributed by atoms with E-state index >= 15 is 0 Å². The summed E-state index contributed by atoms with van der Waals surface area (Å²) in [5.41, 5.74) is 0.990. The molecule has 0 aliphatic carbocycles. The Labute approximate surface area is 90.6 Å². The van der Waals surface area contributed by atoms with E-state index < -0.39 is 5.82 Å². The highest BCUT2D eigenvalue weighted by atomic mass is 79.9. The lowest BCUT2D eigenvalue weighted by molar-refractivity contribution is 0.0989. The van der Waals surface area contributed by atoms with Crippen LogP contribution in [0.4, 0.5) is 4.39 Å². The van der Waals surface area contributed by atoms with Gasteiger partial charge in [-0.25, -0.2) is 4.39 Å². The van der Waals surface area contributed by atoms with Gasteiger partial charge in [0, 0.05) is 0 Å². The van der Waals surface area contributed by atoms with Crippen molar-refractivity contribution in [2.75, 3.05) is 13.6 Å². The molecule has 1 rings (SSSR count). The molecule has 1 N–H and O–H groups in total. The van der Waals surface area contributed by atoms with Gasteiger partial charge >= 0.3 is 0 Å². The molecule has 0 spiro atoms. The second-order valence-corrected chi connectivity index (χ2v) is 3.92. The first-order chi connectivity index (χ1) is 6.56. The number of halogens is 2. The Morgan fingerprint density at radius 2 is 2.21 bits per heavy atom. The van der Waals surface area contributed by atoms with Crippen LogP contribution in [0, 0.1) is 12.7 Å². The van der Waals surface area contributed by atoms with E-state index in [0.29, 0.717) is 4.47 Å². The third-order valence-corrected chi connectivity index (χ3v) is 2.39. The van der Waals surface area contributed by atoms with Crippen LogP contribution in [0.2, 0.25) is 0 Å². The van der Waals surface area contributed by atoms with Crippen molar-refractivity contribution in [2.24, 2.45) is 0 Å². The van der Waals surface area contributed by atoms with E-state index in [1.807, 2.05) is 6.92 Å². The topological polar surface area (TPSA) is 29.1 Å². The van der Waals surface area contributed by atoms with E-state index in [1.165, 1.54) is 0 Å². The van der Waals surface area contributed by atoms with Crippen molar-refractivity contribution in [1.82, 2.24) is 5.32 Å². The fourth-order valence-electron chi connectivity index (χ4n) is 1.18. The maximum atomic E-state index is 13.5. The minimum atomic E-state index is -0.490. The summed E-state index contributed by atoms with van der Waals surface area (Å²) in [5, 5.41) is 2.70. The average molecular weight is 260 g/mol. The van der Waals surface area contributed by atoms with Crippen molar-refractivity contribution in [3.8, 4) is 0 Å². The molecule has 0 aliphatic heterocycles. The highest BCUT2D eigenvalue weighted by Gasteiger charge is 2.13. The first-order valence-corrected chi connectivity index (χ1v) is 4.99. The van der Waals surface area contributed by atoms with Crippen LogP contribution in [0.15, 0.2) is 16.6 Å². The largest absolute Gasteiger partial charge is 0.313 e. The molecule has 0 bridgehead atoms. The Morgan fingerprint density at radius 3 is 2.79 bits per heavy atom. The van der Waals surface area contributed by atoms with Gasteiger partial charge in [-0.05, 0) is 47.6 Å². The van der Waals surface area contributed by atoms with Gasteiger partial charge in [0.15, 0.2) is 5.78 Å². The van der Waals surface area contributed by atoms with Crippen molar-refractivity contribution < 1.29 is 9.18 Å². The summed E-state index contributed by atoms with van der Waals surface area (Å²) < 4.78 is 13.8. The molecule has 0 aliphatic rings. The number of rotatable bonds is 3. The summed E-state index contributed by atoms with van der Waals surface area (Å²) in [6.45, 7) is 1.97. The third kappa shape index (κ3) is 2.39. The lowest BCUT2D eigenvalue weighted by atomic mass is 10.1. The maximum absolute atomic E-state index is 13.5. The number of hydrogen-bond donors (Lipinski definition) is 1. The number of nitrogens with one attached hydrogen (secondary N) is 1. The fraction of sp³-hybridized carbons (Fsp3) is 0.300. The molecule has 0 saturated carbocycles. The van der Waals surface area contributed by atoms with Gasteiger partial charge in [0.1, 0.15) is 5.82 Å². The molecular formula is C10H11BrFNO. The van der Waals surface area contributed by atoms with Gasteiger partial charge in [0.25, 0.3) is 0 Å². The van der Waals surface area contributed by atoms with Crippen LogP contribution in [0.25, 0.3) is 0 Å². The lowest BCUT2D eigenvalue weighted by Gasteiger charge is -2.05. The Hall–Kier alpha value is -0.740. The number of likely N-dealkylation sites (N-methyl/N-ethyl adjacent to an activating group) is 1. The van der Waals surface area contributed by atoms with Gasteiger partial charge in [0.2, 0.25) is 0 Å². The molecule has 0 fully saturated rings. The standard InChI is InChI=1S/C10H11BrFNO/c1-6-3-7(9(14)5-13-2)10(12)8(11)4-6/h3-4,13H,5H2,1-2H3. The van der Waals surface area contributed by atoms with E-state index in [0.717, 1.165) is 5.56 Å². The maximum Gasteiger partial charge on any atom is 0.179 e. The predicted molar refractivity (Wildman–Crippen MR) is 57.1 cm³/mol. The number of carbonyl (C=O) groups is 1. The van der Waals surface area contributed by atoms with Crippen LogP contribution in [0.1, 0.15) is 15.9 Å². The third-order valence-electron chi connectivity index (χ3n) is 1.81. The number of ketones is 1. The molecule has 1 aromatic carbocycles. The molecule has 0 amide bonds. The van der Waals surface area contributed by atoms with Crippen LogP contribution >= 0.6 is 15.9 Å². The smallest absolute Gasteiger partial charge is 0.179 e. The van der Waals surface area contributed by atoms with Crippen LogP contribution in [0.5, 0.6) is 0 Å². The van der Waals surface area contributed by atoms with Crippen LogP contribution in [-0.4, -0.2) is 19.4 Å². The number of carbonyl (C=O) groups excluding carboxylic acids is 1. The molecule has 0 atom stereocenters.